The van der Waals surface area contributed by atoms with Crippen molar-refractivity contribution >= 4 is 11.9 Å². The lowest BCUT2D eigenvalue weighted by atomic mass is 10.1. The predicted octanol–water partition coefficient (Wildman–Crippen LogP) is 1.82. The Morgan fingerprint density at radius 2 is 1.35 bits per heavy atom. The maximum absolute atomic E-state index is 10.5. The molecule has 100 valence electrons. The van der Waals surface area contributed by atoms with E-state index in [1.54, 1.807) is 0 Å². The summed E-state index contributed by atoms with van der Waals surface area (Å²) in [6, 6.07) is 0. The van der Waals surface area contributed by atoms with Crippen molar-refractivity contribution in [1.82, 2.24) is 4.90 Å². The molecule has 0 aliphatic heterocycles. The molecular weight excluding hydrogens is 222 g/mol. The Balaban J connectivity index is 3.68. The Morgan fingerprint density at radius 3 is 1.82 bits per heavy atom. The highest BCUT2D eigenvalue weighted by Crippen LogP contribution is 2.05. The van der Waals surface area contributed by atoms with Gasteiger partial charge in [-0.25, -0.2) is 0 Å². The van der Waals surface area contributed by atoms with Gasteiger partial charge in [-0.15, -0.1) is 0 Å². The van der Waals surface area contributed by atoms with Gasteiger partial charge in [0.25, 0.3) is 0 Å². The first-order chi connectivity index (χ1) is 8.06. The summed E-state index contributed by atoms with van der Waals surface area (Å²) >= 11 is 0. The number of carbonyl (C=O) groups is 2. The van der Waals surface area contributed by atoms with Crippen molar-refractivity contribution in [3.05, 3.63) is 0 Å². The Kier molecular flexibility index (Phi) is 9.43. The zero-order chi connectivity index (χ0) is 13.1. The molecule has 0 aromatic rings. The zero-order valence-corrected chi connectivity index (χ0v) is 10.5. The molecule has 0 spiro atoms. The van der Waals surface area contributed by atoms with Crippen molar-refractivity contribution in [2.45, 2.75) is 45.4 Å². The van der Waals surface area contributed by atoms with E-state index in [9.17, 15) is 9.59 Å². The van der Waals surface area contributed by atoms with Gasteiger partial charge >= 0.3 is 11.9 Å². The quantitative estimate of drug-likeness (QED) is 0.543. The van der Waals surface area contributed by atoms with E-state index in [-0.39, 0.29) is 13.1 Å². The van der Waals surface area contributed by atoms with Crippen LogP contribution in [0, 0.1) is 0 Å². The van der Waals surface area contributed by atoms with Gasteiger partial charge in [0.15, 0.2) is 0 Å². The monoisotopic (exact) mass is 245 g/mol. The standard InChI is InChI=1S/C12H23NO4/c1-2-3-4-5-6-7-8-13(9-11(14)15)10-12(16)17/h2-10H2,1H3,(H,14,15)(H,16,17). The van der Waals surface area contributed by atoms with Gasteiger partial charge in [0, 0.05) is 0 Å². The van der Waals surface area contributed by atoms with Gasteiger partial charge in [0.05, 0.1) is 13.1 Å². The molecule has 0 aliphatic carbocycles. The summed E-state index contributed by atoms with van der Waals surface area (Å²) in [6.07, 6.45) is 6.67. The van der Waals surface area contributed by atoms with Crippen molar-refractivity contribution in [2.75, 3.05) is 19.6 Å². The molecule has 5 nitrogen and oxygen atoms in total. The number of aliphatic carboxylic acids is 2. The SMILES string of the molecule is CCCCCCCCN(CC(=O)O)CC(=O)O. The average molecular weight is 245 g/mol. The van der Waals surface area contributed by atoms with Gasteiger partial charge in [-0.3, -0.25) is 14.5 Å². The summed E-state index contributed by atoms with van der Waals surface area (Å²) in [5.41, 5.74) is 0. The number of rotatable bonds is 11. The van der Waals surface area contributed by atoms with Crippen LogP contribution >= 0.6 is 0 Å². The van der Waals surface area contributed by atoms with E-state index >= 15 is 0 Å². The molecule has 2 N–H and O–H groups in total. The van der Waals surface area contributed by atoms with E-state index in [0.717, 1.165) is 19.3 Å². The van der Waals surface area contributed by atoms with Crippen LogP contribution in [0.3, 0.4) is 0 Å². The normalized spacial score (nSPS) is 10.7. The maximum Gasteiger partial charge on any atom is 0.317 e. The second-order valence-electron chi connectivity index (χ2n) is 4.27. The van der Waals surface area contributed by atoms with Crippen LogP contribution in [-0.2, 0) is 9.59 Å². The highest BCUT2D eigenvalue weighted by Gasteiger charge is 2.12. The van der Waals surface area contributed by atoms with Crippen LogP contribution in [0.4, 0.5) is 0 Å². The third kappa shape index (κ3) is 11.2. The Labute approximate surface area is 102 Å². The highest BCUT2D eigenvalue weighted by atomic mass is 16.4. The highest BCUT2D eigenvalue weighted by molar-refractivity contribution is 5.72. The van der Waals surface area contributed by atoms with Crippen molar-refractivity contribution < 1.29 is 19.8 Å². The van der Waals surface area contributed by atoms with Gasteiger partial charge in [0.2, 0.25) is 0 Å². The van der Waals surface area contributed by atoms with E-state index in [2.05, 4.69) is 6.92 Å². The number of nitrogens with zero attached hydrogens (tertiary/aromatic N) is 1. The lowest BCUT2D eigenvalue weighted by Gasteiger charge is -2.17. The molecule has 0 amide bonds. The number of unbranched alkanes of at least 4 members (excludes halogenated alkanes) is 5. The number of carboxylic acid groups (broad SMARTS) is 2. The second kappa shape index (κ2) is 10.1. The molecule has 0 aromatic heterocycles. The minimum Gasteiger partial charge on any atom is -0.480 e. The van der Waals surface area contributed by atoms with E-state index in [1.807, 2.05) is 0 Å². The van der Waals surface area contributed by atoms with E-state index in [4.69, 9.17) is 10.2 Å². The zero-order valence-electron chi connectivity index (χ0n) is 10.5. The Bertz CT molecular complexity index is 215. The number of carboxylic acids is 2. The smallest absolute Gasteiger partial charge is 0.317 e. The number of hydrogen-bond donors (Lipinski definition) is 2. The van der Waals surface area contributed by atoms with Gasteiger partial charge in [0.1, 0.15) is 0 Å². The van der Waals surface area contributed by atoms with Gasteiger partial charge in [-0.05, 0) is 13.0 Å². The van der Waals surface area contributed by atoms with Crippen LogP contribution in [-0.4, -0.2) is 46.7 Å². The molecule has 5 heteroatoms. The molecule has 0 unspecified atom stereocenters. The molecule has 0 saturated heterocycles. The molecule has 0 aromatic carbocycles. The Morgan fingerprint density at radius 1 is 0.882 bits per heavy atom. The first kappa shape index (κ1) is 15.9. The molecule has 0 radical (unpaired) electrons. The van der Waals surface area contributed by atoms with Crippen molar-refractivity contribution in [3.63, 3.8) is 0 Å². The number of hydrogen-bond acceptors (Lipinski definition) is 3. The first-order valence-electron chi connectivity index (χ1n) is 6.22. The van der Waals surface area contributed by atoms with Crippen molar-refractivity contribution in [3.8, 4) is 0 Å². The van der Waals surface area contributed by atoms with Crippen LogP contribution in [0.5, 0.6) is 0 Å². The molecule has 17 heavy (non-hydrogen) atoms. The minimum atomic E-state index is -0.975. The summed E-state index contributed by atoms with van der Waals surface area (Å²) in [6.45, 7) is 2.31. The molecule has 0 heterocycles. The minimum absolute atomic E-state index is 0.193. The lowest BCUT2D eigenvalue weighted by molar-refractivity contribution is -0.141. The molecular formula is C12H23NO4. The van der Waals surface area contributed by atoms with Gasteiger partial charge < -0.3 is 10.2 Å². The molecule has 0 aliphatic rings. The molecule has 0 bridgehead atoms. The summed E-state index contributed by atoms with van der Waals surface area (Å²) < 4.78 is 0. The summed E-state index contributed by atoms with van der Waals surface area (Å²) in [5.74, 6) is -1.95. The van der Waals surface area contributed by atoms with E-state index in [0.29, 0.717) is 6.54 Å². The first-order valence-corrected chi connectivity index (χ1v) is 6.22. The van der Waals surface area contributed by atoms with Gasteiger partial charge in [-0.1, -0.05) is 39.0 Å². The van der Waals surface area contributed by atoms with Crippen molar-refractivity contribution in [1.29, 1.82) is 0 Å². The largest absolute Gasteiger partial charge is 0.480 e. The summed E-state index contributed by atoms with van der Waals surface area (Å²) in [4.78, 5) is 22.5. The van der Waals surface area contributed by atoms with Crippen LogP contribution in [0.15, 0.2) is 0 Å². The van der Waals surface area contributed by atoms with Crippen LogP contribution < -0.4 is 0 Å². The lowest BCUT2D eigenvalue weighted by Crippen LogP contribution is -2.35. The third-order valence-electron chi connectivity index (χ3n) is 2.55. The fourth-order valence-electron chi connectivity index (χ4n) is 1.71. The third-order valence-corrected chi connectivity index (χ3v) is 2.55. The topological polar surface area (TPSA) is 77.8 Å². The van der Waals surface area contributed by atoms with Crippen molar-refractivity contribution in [2.24, 2.45) is 0 Å². The summed E-state index contributed by atoms with van der Waals surface area (Å²) in [7, 11) is 0. The maximum atomic E-state index is 10.5. The van der Waals surface area contributed by atoms with E-state index < -0.39 is 11.9 Å². The second-order valence-corrected chi connectivity index (χ2v) is 4.27. The van der Waals surface area contributed by atoms with Crippen LogP contribution in [0.1, 0.15) is 45.4 Å². The van der Waals surface area contributed by atoms with Gasteiger partial charge in [-0.2, -0.15) is 0 Å². The fraction of sp³-hybridized carbons (Fsp3) is 0.833. The Hall–Kier alpha value is -1.10. The average Bonchev–Trinajstić information content (AvgIpc) is 2.21. The van der Waals surface area contributed by atoms with Crippen LogP contribution in [0.25, 0.3) is 0 Å². The molecule has 0 saturated carbocycles. The summed E-state index contributed by atoms with van der Waals surface area (Å²) in [5, 5.41) is 17.3. The fourth-order valence-corrected chi connectivity index (χ4v) is 1.71. The predicted molar refractivity (Wildman–Crippen MR) is 65.1 cm³/mol. The van der Waals surface area contributed by atoms with E-state index in [1.165, 1.54) is 24.2 Å². The molecule has 0 fully saturated rings. The molecule has 0 atom stereocenters. The molecule has 0 rings (SSSR count). The van der Waals surface area contributed by atoms with Crippen LogP contribution in [0.2, 0.25) is 0 Å².